The molecule has 0 saturated heterocycles. The first kappa shape index (κ1) is 29.5. The fraction of sp³-hybridized carbons (Fsp3) is 0.958. The number of nitrogens with two attached hydrogens (primary N) is 1. The van der Waals surface area contributed by atoms with Crippen LogP contribution in [-0.2, 0) is 4.79 Å². The highest BCUT2D eigenvalue weighted by Crippen LogP contribution is 2.30. The number of aliphatic hydroxyl groups excluding tert-OH is 2. The van der Waals surface area contributed by atoms with E-state index in [1.54, 1.807) is 0 Å². The van der Waals surface area contributed by atoms with Gasteiger partial charge in [-0.15, -0.1) is 0 Å². The summed E-state index contributed by atoms with van der Waals surface area (Å²) in [5.41, 5.74) is 4.63. The molecular formula is C24H49NO5. The van der Waals surface area contributed by atoms with Crippen molar-refractivity contribution in [2.75, 3.05) is 0 Å². The zero-order valence-electron chi connectivity index (χ0n) is 19.9. The van der Waals surface area contributed by atoms with Gasteiger partial charge in [0.25, 0.3) is 0 Å². The minimum Gasteiger partial charge on any atom is -0.391 e. The van der Waals surface area contributed by atoms with Crippen molar-refractivity contribution in [2.24, 2.45) is 11.1 Å². The largest absolute Gasteiger partial charge is 0.391 e. The summed E-state index contributed by atoms with van der Waals surface area (Å²) in [7, 11) is 0. The van der Waals surface area contributed by atoms with E-state index in [-0.39, 0.29) is 0 Å². The summed E-state index contributed by atoms with van der Waals surface area (Å²) in [4.78, 5) is 12.2. The highest BCUT2D eigenvalue weighted by molar-refractivity contribution is 5.90. The van der Waals surface area contributed by atoms with Gasteiger partial charge in [0, 0.05) is 5.41 Å². The summed E-state index contributed by atoms with van der Waals surface area (Å²) < 4.78 is 0. The van der Waals surface area contributed by atoms with Gasteiger partial charge < -0.3 is 26.2 Å². The molecule has 0 aromatic rings. The molecule has 6 nitrogen and oxygen atoms in total. The lowest BCUT2D eigenvalue weighted by atomic mass is 9.79. The minimum atomic E-state index is -2.71. The van der Waals surface area contributed by atoms with E-state index in [2.05, 4.69) is 6.92 Å². The molecule has 0 aromatic heterocycles. The van der Waals surface area contributed by atoms with Crippen LogP contribution in [0.5, 0.6) is 0 Å². The maximum atomic E-state index is 12.2. The van der Waals surface area contributed by atoms with Gasteiger partial charge in [-0.05, 0) is 6.42 Å². The molecule has 0 heterocycles. The van der Waals surface area contributed by atoms with E-state index in [1.165, 1.54) is 85.0 Å². The average molecular weight is 432 g/mol. The van der Waals surface area contributed by atoms with Crippen molar-refractivity contribution in [3.63, 3.8) is 0 Å². The van der Waals surface area contributed by atoms with Gasteiger partial charge in [0.15, 0.2) is 0 Å². The van der Waals surface area contributed by atoms with Crippen molar-refractivity contribution >= 4 is 5.78 Å². The normalized spacial score (nSPS) is 15.8. The lowest BCUT2D eigenvalue weighted by molar-refractivity contribution is -0.228. The molecule has 0 amide bonds. The van der Waals surface area contributed by atoms with E-state index in [9.17, 15) is 25.2 Å². The van der Waals surface area contributed by atoms with Crippen molar-refractivity contribution in [1.82, 2.24) is 0 Å². The molecule has 0 aliphatic rings. The summed E-state index contributed by atoms with van der Waals surface area (Å²) in [5, 5.41) is 40.3. The predicted molar refractivity (Wildman–Crippen MR) is 122 cm³/mol. The van der Waals surface area contributed by atoms with E-state index in [4.69, 9.17) is 5.73 Å². The van der Waals surface area contributed by atoms with Gasteiger partial charge in [-0.2, -0.15) is 0 Å². The first-order valence-corrected chi connectivity index (χ1v) is 12.1. The number of carbonyl (C=O) groups excluding carboxylic acids is 1. The number of Topliss-reactive ketones (excluding diaryl/α,β-unsaturated/α-hetero) is 1. The molecule has 6 heteroatoms. The maximum absolute atomic E-state index is 12.2. The number of ketones is 1. The van der Waals surface area contributed by atoms with Crippen LogP contribution in [0.2, 0.25) is 0 Å². The quantitative estimate of drug-likeness (QED) is 0.166. The number of aliphatic hydroxyl groups is 4. The second-order valence-electron chi connectivity index (χ2n) is 9.91. The Morgan fingerprint density at radius 3 is 1.50 bits per heavy atom. The Morgan fingerprint density at radius 1 is 0.767 bits per heavy atom. The molecule has 0 saturated carbocycles. The van der Waals surface area contributed by atoms with Gasteiger partial charge in [-0.1, -0.05) is 111 Å². The van der Waals surface area contributed by atoms with Crippen molar-refractivity contribution in [1.29, 1.82) is 0 Å². The van der Waals surface area contributed by atoms with Gasteiger partial charge in [0.05, 0.1) is 12.1 Å². The molecule has 0 aliphatic heterocycles. The summed E-state index contributed by atoms with van der Waals surface area (Å²) in [6.45, 7) is 6.68. The van der Waals surface area contributed by atoms with Gasteiger partial charge in [-0.25, -0.2) is 0 Å². The monoisotopic (exact) mass is 431 g/mol. The second-order valence-corrected chi connectivity index (χ2v) is 9.91. The Labute approximate surface area is 184 Å². The molecule has 0 rings (SSSR count). The number of carbonyl (C=O) groups is 1. The van der Waals surface area contributed by atoms with Crippen molar-refractivity contribution in [2.45, 2.75) is 142 Å². The SMILES string of the molecule is CCCCCCCCCCCCCCC[C@@H](O)[C@H](N)C(O)C(=O)C(O)(O)C(C)(C)C. The zero-order valence-corrected chi connectivity index (χ0v) is 19.9. The van der Waals surface area contributed by atoms with E-state index in [1.807, 2.05) is 0 Å². The Balaban J connectivity index is 3.88. The predicted octanol–water partition coefficient (Wildman–Crippen LogP) is 3.81. The molecule has 0 radical (unpaired) electrons. The van der Waals surface area contributed by atoms with Crippen LogP contribution in [0, 0.1) is 5.41 Å². The molecule has 0 aromatic carbocycles. The molecular weight excluding hydrogens is 382 g/mol. The number of unbranched alkanes of at least 4 members (excludes halogenated alkanes) is 12. The smallest absolute Gasteiger partial charge is 0.231 e. The molecule has 0 aliphatic carbocycles. The fourth-order valence-electron chi connectivity index (χ4n) is 3.52. The Hall–Kier alpha value is -0.530. The van der Waals surface area contributed by atoms with Crippen molar-refractivity contribution < 1.29 is 25.2 Å². The molecule has 0 spiro atoms. The Bertz CT molecular complexity index is 447. The molecule has 30 heavy (non-hydrogen) atoms. The van der Waals surface area contributed by atoms with Crippen LogP contribution in [0.15, 0.2) is 0 Å². The molecule has 1 unspecified atom stereocenters. The Morgan fingerprint density at radius 2 is 1.13 bits per heavy atom. The van der Waals surface area contributed by atoms with Crippen LogP contribution in [-0.4, -0.2) is 50.2 Å². The van der Waals surface area contributed by atoms with E-state index >= 15 is 0 Å². The molecule has 0 bridgehead atoms. The van der Waals surface area contributed by atoms with Crippen LogP contribution in [0.4, 0.5) is 0 Å². The highest BCUT2D eigenvalue weighted by atomic mass is 16.5. The van der Waals surface area contributed by atoms with Gasteiger partial charge in [0.1, 0.15) is 6.10 Å². The van der Waals surface area contributed by atoms with Crippen LogP contribution in [0.3, 0.4) is 0 Å². The third kappa shape index (κ3) is 11.2. The molecule has 180 valence electrons. The van der Waals surface area contributed by atoms with Gasteiger partial charge >= 0.3 is 0 Å². The fourth-order valence-corrected chi connectivity index (χ4v) is 3.52. The molecule has 0 fully saturated rings. The van der Waals surface area contributed by atoms with Crippen molar-refractivity contribution in [3.8, 4) is 0 Å². The summed E-state index contributed by atoms with van der Waals surface area (Å²) in [6, 6.07) is -1.24. The van der Waals surface area contributed by atoms with Gasteiger partial charge in [-0.3, -0.25) is 4.79 Å². The van der Waals surface area contributed by atoms with Crippen LogP contribution in [0.1, 0.15) is 118 Å². The lowest BCUT2D eigenvalue weighted by Crippen LogP contribution is -2.60. The van der Waals surface area contributed by atoms with Crippen LogP contribution < -0.4 is 5.73 Å². The Kier molecular flexibility index (Phi) is 15.0. The zero-order chi connectivity index (χ0) is 23.2. The second kappa shape index (κ2) is 15.3. The maximum Gasteiger partial charge on any atom is 0.231 e. The summed E-state index contributed by atoms with van der Waals surface area (Å²) in [5.74, 6) is -3.88. The van der Waals surface area contributed by atoms with Crippen molar-refractivity contribution in [3.05, 3.63) is 0 Å². The standard InChI is InChI=1S/C24H49NO5/c1-5-6-7-8-9-10-11-12-13-14-15-16-17-18-19(26)20(25)21(27)22(28)24(29,30)23(2,3)4/h19-21,26-27,29-30H,5-18,25H2,1-4H3/t19-,20+,21?/m1/s1. The first-order valence-electron chi connectivity index (χ1n) is 12.1. The molecule has 3 atom stereocenters. The first-order chi connectivity index (χ1) is 14.0. The van der Waals surface area contributed by atoms with Crippen LogP contribution >= 0.6 is 0 Å². The van der Waals surface area contributed by atoms with Gasteiger partial charge in [0.2, 0.25) is 11.6 Å². The number of hydrogen-bond acceptors (Lipinski definition) is 6. The summed E-state index contributed by atoms with van der Waals surface area (Å²) in [6.07, 6.45) is 13.4. The number of rotatable bonds is 18. The van der Waals surface area contributed by atoms with Crippen LogP contribution in [0.25, 0.3) is 0 Å². The average Bonchev–Trinajstić information content (AvgIpc) is 2.68. The number of hydrogen-bond donors (Lipinski definition) is 5. The third-order valence-corrected chi connectivity index (χ3v) is 6.07. The topological polar surface area (TPSA) is 124 Å². The highest BCUT2D eigenvalue weighted by Gasteiger charge is 2.49. The lowest BCUT2D eigenvalue weighted by Gasteiger charge is -2.36. The summed E-state index contributed by atoms with van der Waals surface area (Å²) >= 11 is 0. The van der Waals surface area contributed by atoms with E-state index < -0.39 is 35.2 Å². The molecule has 6 N–H and O–H groups in total. The minimum absolute atomic E-state index is 0.378. The van der Waals surface area contributed by atoms with E-state index in [0.29, 0.717) is 6.42 Å². The third-order valence-electron chi connectivity index (χ3n) is 6.07. The van der Waals surface area contributed by atoms with E-state index in [0.717, 1.165) is 19.3 Å².